The summed E-state index contributed by atoms with van der Waals surface area (Å²) < 4.78 is 7.08. The van der Waals surface area contributed by atoms with E-state index in [4.69, 9.17) is 4.74 Å². The Balaban J connectivity index is 1.76. The number of rotatable bonds is 6. The molecule has 0 saturated heterocycles. The molecule has 0 fully saturated rings. The van der Waals surface area contributed by atoms with Crippen molar-refractivity contribution in [2.24, 2.45) is 0 Å². The van der Waals surface area contributed by atoms with Gasteiger partial charge in [0.2, 0.25) is 5.91 Å². The second-order valence-electron chi connectivity index (χ2n) is 5.73. The summed E-state index contributed by atoms with van der Waals surface area (Å²) in [7, 11) is 1.66. The first kappa shape index (κ1) is 15.7. The van der Waals surface area contributed by atoms with Gasteiger partial charge in [0.1, 0.15) is 5.82 Å². The molecule has 0 aliphatic carbocycles. The van der Waals surface area contributed by atoms with Crippen LogP contribution in [-0.4, -0.2) is 40.9 Å². The van der Waals surface area contributed by atoms with Crippen LogP contribution in [0, 0.1) is 0 Å². The van der Waals surface area contributed by atoms with Crippen LogP contribution in [0.25, 0.3) is 11.4 Å². The highest BCUT2D eigenvalue weighted by Crippen LogP contribution is 2.30. The van der Waals surface area contributed by atoms with Crippen molar-refractivity contribution in [3.8, 4) is 11.4 Å². The largest absolute Gasteiger partial charge is 0.385 e. The number of benzene rings is 1. The minimum atomic E-state index is -0.212. The minimum absolute atomic E-state index is 0.0362. The second-order valence-corrected chi connectivity index (χ2v) is 5.73. The van der Waals surface area contributed by atoms with Gasteiger partial charge in [-0.2, -0.15) is 0 Å². The predicted molar refractivity (Wildman–Crippen MR) is 86.9 cm³/mol. The fourth-order valence-electron chi connectivity index (χ4n) is 2.98. The molecule has 0 bridgehead atoms. The summed E-state index contributed by atoms with van der Waals surface area (Å²) in [5.74, 6) is 1.45. The Hall–Kier alpha value is -2.21. The van der Waals surface area contributed by atoms with Gasteiger partial charge in [-0.3, -0.25) is 4.79 Å². The zero-order valence-electron chi connectivity index (χ0n) is 13.4. The summed E-state index contributed by atoms with van der Waals surface area (Å²) in [5, 5.41) is 11.6. The molecule has 1 atom stereocenters. The molecule has 1 aliphatic heterocycles. The number of carbonyl (C=O) groups is 1. The van der Waals surface area contributed by atoms with E-state index >= 15 is 0 Å². The third-order valence-corrected chi connectivity index (χ3v) is 4.14. The zero-order chi connectivity index (χ0) is 16.1. The molecule has 1 aromatic carbocycles. The molecule has 0 spiro atoms. The van der Waals surface area contributed by atoms with Gasteiger partial charge in [0.15, 0.2) is 5.82 Å². The van der Waals surface area contributed by atoms with E-state index in [9.17, 15) is 4.79 Å². The number of hydrogen-bond donors (Lipinski definition) is 1. The number of aromatic nitrogens is 3. The Morgan fingerprint density at radius 3 is 2.96 bits per heavy atom. The summed E-state index contributed by atoms with van der Waals surface area (Å²) in [6.45, 7) is 2.14. The first-order valence-electron chi connectivity index (χ1n) is 8.06. The molecule has 1 unspecified atom stereocenters. The average Bonchev–Trinajstić information content (AvgIpc) is 3.03. The summed E-state index contributed by atoms with van der Waals surface area (Å²) in [5.41, 5.74) is 1.03. The Morgan fingerprint density at radius 1 is 1.35 bits per heavy atom. The smallest absolute Gasteiger partial charge is 0.230 e. The van der Waals surface area contributed by atoms with Gasteiger partial charge in [0.25, 0.3) is 0 Å². The van der Waals surface area contributed by atoms with Crippen molar-refractivity contribution in [1.82, 2.24) is 20.1 Å². The molecule has 1 aliphatic rings. The average molecular weight is 314 g/mol. The molecule has 6 heteroatoms. The van der Waals surface area contributed by atoms with Gasteiger partial charge in [0.05, 0.1) is 5.92 Å². The molecule has 6 nitrogen and oxygen atoms in total. The molecular weight excluding hydrogens is 292 g/mol. The summed E-state index contributed by atoms with van der Waals surface area (Å²) >= 11 is 0. The Bertz CT molecular complexity index is 654. The Labute approximate surface area is 135 Å². The van der Waals surface area contributed by atoms with Gasteiger partial charge >= 0.3 is 0 Å². The fourth-order valence-corrected chi connectivity index (χ4v) is 2.98. The van der Waals surface area contributed by atoms with Gasteiger partial charge in [-0.1, -0.05) is 30.3 Å². The molecule has 1 aromatic heterocycles. The third-order valence-electron chi connectivity index (χ3n) is 4.14. The van der Waals surface area contributed by atoms with Crippen molar-refractivity contribution in [2.75, 3.05) is 20.3 Å². The number of carbonyl (C=O) groups excluding carboxylic acids is 1. The Morgan fingerprint density at radius 2 is 2.17 bits per heavy atom. The van der Waals surface area contributed by atoms with Crippen molar-refractivity contribution in [1.29, 1.82) is 0 Å². The van der Waals surface area contributed by atoms with E-state index in [1.165, 1.54) is 0 Å². The quantitative estimate of drug-likeness (QED) is 0.828. The normalized spacial score (nSPS) is 16.8. The van der Waals surface area contributed by atoms with Crippen molar-refractivity contribution in [3.05, 3.63) is 36.2 Å². The molecule has 1 N–H and O–H groups in total. The number of methoxy groups -OCH3 is 1. The number of nitrogens with zero attached hydrogens (tertiary/aromatic N) is 3. The maximum Gasteiger partial charge on any atom is 0.230 e. The van der Waals surface area contributed by atoms with Crippen LogP contribution < -0.4 is 5.32 Å². The molecular formula is C17H22N4O2. The number of fused-ring (bicyclic) bond motifs is 1. The molecule has 122 valence electrons. The molecule has 0 radical (unpaired) electrons. The van der Waals surface area contributed by atoms with E-state index in [0.29, 0.717) is 13.2 Å². The van der Waals surface area contributed by atoms with Crippen molar-refractivity contribution in [2.45, 2.75) is 31.7 Å². The zero-order valence-corrected chi connectivity index (χ0v) is 13.4. The highest BCUT2D eigenvalue weighted by Gasteiger charge is 2.30. The Kier molecular flexibility index (Phi) is 5.02. The van der Waals surface area contributed by atoms with Gasteiger partial charge < -0.3 is 14.6 Å². The molecule has 2 aromatic rings. The minimum Gasteiger partial charge on any atom is -0.385 e. The van der Waals surface area contributed by atoms with E-state index in [-0.39, 0.29) is 11.8 Å². The van der Waals surface area contributed by atoms with Crippen molar-refractivity contribution >= 4 is 5.91 Å². The van der Waals surface area contributed by atoms with E-state index in [1.807, 2.05) is 30.3 Å². The summed E-state index contributed by atoms with van der Waals surface area (Å²) in [6, 6.07) is 9.99. The number of hydrogen-bond acceptors (Lipinski definition) is 4. The van der Waals surface area contributed by atoms with Crippen LogP contribution in [0.15, 0.2) is 30.3 Å². The molecule has 23 heavy (non-hydrogen) atoms. The lowest BCUT2D eigenvalue weighted by molar-refractivity contribution is -0.123. The first-order valence-corrected chi connectivity index (χ1v) is 8.06. The van der Waals surface area contributed by atoms with Crippen LogP contribution in [0.4, 0.5) is 0 Å². The number of amides is 1. The number of ether oxygens (including phenoxy) is 1. The van der Waals surface area contributed by atoms with Gasteiger partial charge in [0, 0.05) is 32.4 Å². The van der Waals surface area contributed by atoms with Gasteiger partial charge in [-0.25, -0.2) is 0 Å². The molecule has 0 saturated carbocycles. The summed E-state index contributed by atoms with van der Waals surface area (Å²) in [6.07, 6.45) is 2.60. The monoisotopic (exact) mass is 314 g/mol. The highest BCUT2D eigenvalue weighted by molar-refractivity contribution is 5.83. The van der Waals surface area contributed by atoms with Crippen molar-refractivity contribution < 1.29 is 9.53 Å². The maximum absolute atomic E-state index is 12.4. The van der Waals surface area contributed by atoms with E-state index in [1.54, 1.807) is 7.11 Å². The van der Waals surface area contributed by atoms with Crippen LogP contribution in [0.3, 0.4) is 0 Å². The molecule has 2 heterocycles. The first-order chi connectivity index (χ1) is 11.3. The van der Waals surface area contributed by atoms with E-state index in [2.05, 4.69) is 20.1 Å². The third kappa shape index (κ3) is 3.42. The van der Waals surface area contributed by atoms with Gasteiger partial charge in [-0.05, 0) is 19.3 Å². The molecule has 3 rings (SSSR count). The maximum atomic E-state index is 12.4. The van der Waals surface area contributed by atoms with Crippen LogP contribution in [-0.2, 0) is 16.1 Å². The molecule has 1 amide bonds. The van der Waals surface area contributed by atoms with E-state index in [0.717, 1.165) is 43.0 Å². The van der Waals surface area contributed by atoms with E-state index < -0.39 is 0 Å². The van der Waals surface area contributed by atoms with Gasteiger partial charge in [-0.15, -0.1) is 10.2 Å². The standard InChI is InChI=1S/C17H22N4O2/c1-23-12-6-10-18-17(22)14-9-5-11-21-15(19-20-16(14)21)13-7-3-2-4-8-13/h2-4,7-8,14H,5-6,9-12H2,1H3,(H,18,22). The lowest BCUT2D eigenvalue weighted by atomic mass is 9.97. The predicted octanol–water partition coefficient (Wildman–Crippen LogP) is 1.98. The SMILES string of the molecule is COCCCNC(=O)C1CCCn2c(-c3ccccc3)nnc21. The lowest BCUT2D eigenvalue weighted by Crippen LogP contribution is -2.34. The summed E-state index contributed by atoms with van der Waals surface area (Å²) in [4.78, 5) is 12.4. The van der Waals surface area contributed by atoms with Crippen LogP contribution >= 0.6 is 0 Å². The van der Waals surface area contributed by atoms with Crippen LogP contribution in [0.5, 0.6) is 0 Å². The lowest BCUT2D eigenvalue weighted by Gasteiger charge is -2.23. The highest BCUT2D eigenvalue weighted by atomic mass is 16.5. The fraction of sp³-hybridized carbons (Fsp3) is 0.471. The van der Waals surface area contributed by atoms with Crippen LogP contribution in [0.2, 0.25) is 0 Å². The van der Waals surface area contributed by atoms with Crippen LogP contribution in [0.1, 0.15) is 31.0 Å². The topological polar surface area (TPSA) is 69.0 Å². The number of nitrogens with one attached hydrogen (secondary N) is 1. The van der Waals surface area contributed by atoms with Crippen molar-refractivity contribution in [3.63, 3.8) is 0 Å². The second kappa shape index (κ2) is 7.37.